The molecule has 1 aliphatic heterocycles. The quantitative estimate of drug-likeness (QED) is 0.820. The average molecular weight is 329 g/mol. The number of carbonyl (C=O) groups is 1. The van der Waals surface area contributed by atoms with E-state index in [9.17, 15) is 4.79 Å². The zero-order chi connectivity index (χ0) is 16.8. The third-order valence-corrected chi connectivity index (χ3v) is 5.56. The number of hydrogen-bond donors (Lipinski definition) is 1. The van der Waals surface area contributed by atoms with Gasteiger partial charge in [0.1, 0.15) is 5.69 Å². The van der Waals surface area contributed by atoms with Crippen LogP contribution in [0.3, 0.4) is 0 Å². The molecule has 1 saturated carbocycles. The van der Waals surface area contributed by atoms with Crippen molar-refractivity contribution in [2.45, 2.75) is 83.2 Å². The fraction of sp³-hybridized carbons (Fsp3) is 0.700. The van der Waals surface area contributed by atoms with Crippen molar-refractivity contribution in [1.82, 2.24) is 9.88 Å². The van der Waals surface area contributed by atoms with Crippen molar-refractivity contribution in [3.8, 4) is 0 Å². The van der Waals surface area contributed by atoms with Crippen LogP contribution in [0, 0.1) is 0 Å². The van der Waals surface area contributed by atoms with Crippen LogP contribution in [0.15, 0.2) is 18.3 Å². The summed E-state index contributed by atoms with van der Waals surface area (Å²) >= 11 is 0. The number of amides is 1. The van der Waals surface area contributed by atoms with Crippen molar-refractivity contribution < 1.29 is 4.79 Å². The number of carbonyl (C=O) groups excluding carboxylic acids is 1. The lowest BCUT2D eigenvalue weighted by atomic mass is 9.99. The molecule has 1 amide bonds. The van der Waals surface area contributed by atoms with E-state index in [-0.39, 0.29) is 5.91 Å². The second-order valence-corrected chi connectivity index (χ2v) is 7.32. The summed E-state index contributed by atoms with van der Waals surface area (Å²) in [6.45, 7) is 3.05. The van der Waals surface area contributed by atoms with E-state index >= 15 is 0 Å². The monoisotopic (exact) mass is 329 g/mol. The molecule has 2 heterocycles. The molecule has 1 saturated heterocycles. The number of rotatable bonds is 4. The van der Waals surface area contributed by atoms with Gasteiger partial charge < -0.3 is 10.2 Å². The molecule has 4 heteroatoms. The fourth-order valence-electron chi connectivity index (χ4n) is 4.14. The third kappa shape index (κ3) is 4.28. The Labute approximate surface area is 146 Å². The molecule has 4 nitrogen and oxygen atoms in total. The van der Waals surface area contributed by atoms with Crippen LogP contribution in [0.4, 0.5) is 5.69 Å². The van der Waals surface area contributed by atoms with Gasteiger partial charge in [-0.15, -0.1) is 0 Å². The maximum absolute atomic E-state index is 12.9. The van der Waals surface area contributed by atoms with Crippen LogP contribution in [-0.4, -0.2) is 34.4 Å². The highest BCUT2D eigenvalue weighted by atomic mass is 16.2. The smallest absolute Gasteiger partial charge is 0.272 e. The molecule has 2 aliphatic rings. The van der Waals surface area contributed by atoms with Crippen LogP contribution < -0.4 is 5.32 Å². The molecule has 0 spiro atoms. The first kappa shape index (κ1) is 17.2. The fourth-order valence-corrected chi connectivity index (χ4v) is 4.14. The normalized spacial score (nSPS) is 22.9. The number of nitrogens with one attached hydrogen (secondary N) is 1. The molecule has 0 aromatic carbocycles. The Balaban J connectivity index is 1.68. The van der Waals surface area contributed by atoms with E-state index in [2.05, 4.69) is 17.2 Å². The molecule has 1 aromatic rings. The minimum Gasteiger partial charge on any atom is -0.382 e. The summed E-state index contributed by atoms with van der Waals surface area (Å²) in [6.07, 6.45) is 14.1. The highest BCUT2D eigenvalue weighted by Gasteiger charge is 2.27. The van der Waals surface area contributed by atoms with Gasteiger partial charge in [-0.3, -0.25) is 9.78 Å². The first-order valence-corrected chi connectivity index (χ1v) is 9.81. The van der Waals surface area contributed by atoms with Crippen LogP contribution in [0.25, 0.3) is 0 Å². The van der Waals surface area contributed by atoms with Gasteiger partial charge in [0.15, 0.2) is 0 Å². The summed E-state index contributed by atoms with van der Waals surface area (Å²) < 4.78 is 0. The second kappa shape index (κ2) is 8.50. The van der Waals surface area contributed by atoms with E-state index in [4.69, 9.17) is 0 Å². The van der Waals surface area contributed by atoms with Gasteiger partial charge in [-0.05, 0) is 50.7 Å². The SMILES string of the molecule is CCC1CCCCN1C(=O)c1cc(NC2CCCCCC2)ccn1. The Hall–Kier alpha value is -1.58. The summed E-state index contributed by atoms with van der Waals surface area (Å²) in [6, 6.07) is 4.87. The molecular weight excluding hydrogens is 298 g/mol. The highest BCUT2D eigenvalue weighted by Crippen LogP contribution is 2.24. The number of likely N-dealkylation sites (tertiary alicyclic amines) is 1. The number of anilines is 1. The van der Waals surface area contributed by atoms with E-state index in [0.29, 0.717) is 17.8 Å². The van der Waals surface area contributed by atoms with Gasteiger partial charge in [0.25, 0.3) is 5.91 Å². The molecule has 1 aliphatic carbocycles. The van der Waals surface area contributed by atoms with Gasteiger partial charge in [-0.25, -0.2) is 0 Å². The number of piperidine rings is 1. The summed E-state index contributed by atoms with van der Waals surface area (Å²) in [5.41, 5.74) is 1.64. The van der Waals surface area contributed by atoms with Crippen LogP contribution in [0.1, 0.15) is 81.6 Å². The summed E-state index contributed by atoms with van der Waals surface area (Å²) in [5.74, 6) is 0.103. The number of aromatic nitrogens is 1. The minimum atomic E-state index is 0.103. The molecule has 24 heavy (non-hydrogen) atoms. The Morgan fingerprint density at radius 2 is 1.92 bits per heavy atom. The summed E-state index contributed by atoms with van der Waals surface area (Å²) in [4.78, 5) is 19.3. The zero-order valence-corrected chi connectivity index (χ0v) is 15.0. The molecular formula is C20H31N3O. The lowest BCUT2D eigenvalue weighted by Crippen LogP contribution is -2.43. The Morgan fingerprint density at radius 3 is 2.67 bits per heavy atom. The molecule has 0 radical (unpaired) electrons. The predicted octanol–water partition coefficient (Wildman–Crippen LogP) is 4.62. The molecule has 2 fully saturated rings. The molecule has 1 aromatic heterocycles. The maximum atomic E-state index is 12.9. The van der Waals surface area contributed by atoms with Crippen LogP contribution in [0.5, 0.6) is 0 Å². The topological polar surface area (TPSA) is 45.2 Å². The van der Waals surface area contributed by atoms with Crippen molar-refractivity contribution in [3.05, 3.63) is 24.0 Å². The Kier molecular flexibility index (Phi) is 6.11. The van der Waals surface area contributed by atoms with E-state index in [1.54, 1.807) is 6.20 Å². The van der Waals surface area contributed by atoms with Crippen molar-refractivity contribution >= 4 is 11.6 Å². The lowest BCUT2D eigenvalue weighted by molar-refractivity contribution is 0.0602. The number of hydrogen-bond acceptors (Lipinski definition) is 3. The van der Waals surface area contributed by atoms with Crippen LogP contribution in [-0.2, 0) is 0 Å². The van der Waals surface area contributed by atoms with E-state index in [0.717, 1.165) is 31.5 Å². The van der Waals surface area contributed by atoms with Crippen LogP contribution in [0.2, 0.25) is 0 Å². The first-order chi connectivity index (χ1) is 11.8. The molecule has 1 unspecified atom stereocenters. The Bertz CT molecular complexity index is 537. The molecule has 1 N–H and O–H groups in total. The first-order valence-electron chi connectivity index (χ1n) is 9.81. The van der Waals surface area contributed by atoms with Gasteiger partial charge in [0, 0.05) is 30.5 Å². The van der Waals surface area contributed by atoms with Crippen molar-refractivity contribution in [1.29, 1.82) is 0 Å². The molecule has 0 bridgehead atoms. The predicted molar refractivity (Wildman–Crippen MR) is 98.3 cm³/mol. The van der Waals surface area contributed by atoms with Crippen molar-refractivity contribution in [2.75, 3.05) is 11.9 Å². The van der Waals surface area contributed by atoms with Crippen molar-refractivity contribution in [2.24, 2.45) is 0 Å². The summed E-state index contributed by atoms with van der Waals surface area (Å²) in [5, 5.41) is 3.63. The standard InChI is InChI=1S/C20H31N3O/c1-2-18-11-7-8-14-23(18)20(24)19-15-17(12-13-21-19)22-16-9-5-3-4-6-10-16/h12-13,15-16,18H,2-11,14H2,1H3,(H,21,22). The van der Waals surface area contributed by atoms with Crippen LogP contribution >= 0.6 is 0 Å². The van der Waals surface area contributed by atoms with E-state index in [1.807, 2.05) is 17.0 Å². The lowest BCUT2D eigenvalue weighted by Gasteiger charge is -2.35. The average Bonchev–Trinajstić information content (AvgIpc) is 2.90. The third-order valence-electron chi connectivity index (χ3n) is 5.56. The molecule has 3 rings (SSSR count). The number of pyridine rings is 1. The van der Waals surface area contributed by atoms with Gasteiger partial charge in [0.05, 0.1) is 0 Å². The highest BCUT2D eigenvalue weighted by molar-refractivity contribution is 5.93. The minimum absolute atomic E-state index is 0.103. The van der Waals surface area contributed by atoms with Gasteiger partial charge in [-0.1, -0.05) is 32.6 Å². The number of nitrogens with zero attached hydrogens (tertiary/aromatic N) is 2. The maximum Gasteiger partial charge on any atom is 0.272 e. The van der Waals surface area contributed by atoms with Gasteiger partial charge in [-0.2, -0.15) is 0 Å². The Morgan fingerprint density at radius 1 is 1.17 bits per heavy atom. The summed E-state index contributed by atoms with van der Waals surface area (Å²) in [7, 11) is 0. The van der Waals surface area contributed by atoms with E-state index < -0.39 is 0 Å². The van der Waals surface area contributed by atoms with Crippen molar-refractivity contribution in [3.63, 3.8) is 0 Å². The van der Waals surface area contributed by atoms with Gasteiger partial charge >= 0.3 is 0 Å². The molecule has 132 valence electrons. The largest absolute Gasteiger partial charge is 0.382 e. The van der Waals surface area contributed by atoms with Gasteiger partial charge in [0.2, 0.25) is 0 Å². The second-order valence-electron chi connectivity index (χ2n) is 7.32. The molecule has 1 atom stereocenters. The zero-order valence-electron chi connectivity index (χ0n) is 15.0. The van der Waals surface area contributed by atoms with E-state index in [1.165, 1.54) is 44.9 Å².